The Bertz CT molecular complexity index is 1170. The van der Waals surface area contributed by atoms with Crippen molar-refractivity contribution >= 4 is 11.7 Å². The van der Waals surface area contributed by atoms with Crippen molar-refractivity contribution in [3.8, 4) is 17.1 Å². The highest BCUT2D eigenvalue weighted by atomic mass is 16.6. The summed E-state index contributed by atoms with van der Waals surface area (Å²) in [6.45, 7) is 6.09. The molecule has 2 aliphatic rings. The van der Waals surface area contributed by atoms with Gasteiger partial charge in [-0.2, -0.15) is 5.10 Å². The van der Waals surface area contributed by atoms with Crippen molar-refractivity contribution in [3.63, 3.8) is 0 Å². The van der Waals surface area contributed by atoms with Crippen LogP contribution in [0.2, 0.25) is 0 Å². The number of anilines is 1. The van der Waals surface area contributed by atoms with Crippen LogP contribution in [0.1, 0.15) is 55.6 Å². The van der Waals surface area contributed by atoms with Crippen molar-refractivity contribution in [1.82, 2.24) is 19.7 Å². The summed E-state index contributed by atoms with van der Waals surface area (Å²) < 4.78 is 14.1. The Balaban J connectivity index is 1.36. The molecule has 1 aliphatic carbocycles. The molecule has 0 saturated heterocycles. The summed E-state index contributed by atoms with van der Waals surface area (Å²) in [4.78, 5) is 21.9. The molecule has 0 aromatic carbocycles. The van der Waals surface area contributed by atoms with Crippen LogP contribution in [0.15, 0.2) is 42.9 Å². The van der Waals surface area contributed by atoms with Crippen LogP contribution in [-0.2, 0) is 11.8 Å². The fourth-order valence-electron chi connectivity index (χ4n) is 4.08. The summed E-state index contributed by atoms with van der Waals surface area (Å²) in [7, 11) is 1.85. The molecular formula is C24H27N5O3. The lowest BCUT2D eigenvalue weighted by Gasteiger charge is -2.28. The monoisotopic (exact) mass is 433 g/mol. The fraction of sp³-hybridized carbons (Fsp3) is 0.417. The van der Waals surface area contributed by atoms with Gasteiger partial charge < -0.3 is 14.8 Å². The third-order valence-electron chi connectivity index (χ3n) is 6.04. The summed E-state index contributed by atoms with van der Waals surface area (Å²) in [6.07, 6.45) is 7.42. The first-order chi connectivity index (χ1) is 15.3. The zero-order chi connectivity index (χ0) is 22.5. The highest BCUT2D eigenvalue weighted by Crippen LogP contribution is 2.47. The van der Waals surface area contributed by atoms with E-state index in [1.54, 1.807) is 16.9 Å². The van der Waals surface area contributed by atoms with E-state index in [1.807, 2.05) is 45.3 Å². The molecule has 32 heavy (non-hydrogen) atoms. The van der Waals surface area contributed by atoms with Gasteiger partial charge in [-0.3, -0.25) is 9.48 Å². The lowest BCUT2D eigenvalue weighted by molar-refractivity contribution is -0.0900. The summed E-state index contributed by atoms with van der Waals surface area (Å²) >= 11 is 0. The van der Waals surface area contributed by atoms with Gasteiger partial charge in [-0.05, 0) is 57.7 Å². The summed E-state index contributed by atoms with van der Waals surface area (Å²) in [5.41, 5.74) is 2.32. The number of carbonyl (C=O) groups is 1. The first-order valence-electron chi connectivity index (χ1n) is 10.9. The van der Waals surface area contributed by atoms with Gasteiger partial charge in [0.05, 0.1) is 23.6 Å². The number of nitrogens with zero attached hydrogens (tertiary/aromatic N) is 4. The van der Waals surface area contributed by atoms with Crippen LogP contribution in [-0.4, -0.2) is 37.4 Å². The van der Waals surface area contributed by atoms with Crippen molar-refractivity contribution in [2.75, 3.05) is 5.32 Å². The van der Waals surface area contributed by atoms with Gasteiger partial charge in [0.2, 0.25) is 5.88 Å². The maximum atomic E-state index is 13.0. The van der Waals surface area contributed by atoms with E-state index in [0.29, 0.717) is 23.2 Å². The van der Waals surface area contributed by atoms with E-state index in [2.05, 4.69) is 27.3 Å². The molecule has 1 amide bonds. The van der Waals surface area contributed by atoms with E-state index in [-0.39, 0.29) is 18.1 Å². The van der Waals surface area contributed by atoms with Crippen molar-refractivity contribution in [2.24, 2.45) is 13.0 Å². The minimum atomic E-state index is -0.548. The van der Waals surface area contributed by atoms with Gasteiger partial charge in [-0.15, -0.1) is 0 Å². The molecule has 8 heteroatoms. The molecule has 5 rings (SSSR count). The molecule has 1 aliphatic heterocycles. The Kier molecular flexibility index (Phi) is 4.97. The molecule has 0 spiro atoms. The van der Waals surface area contributed by atoms with E-state index >= 15 is 0 Å². The second-order valence-electron chi connectivity index (χ2n) is 9.15. The number of nitrogens with one attached hydrogen (secondary N) is 1. The Hall–Kier alpha value is -3.26. The average molecular weight is 434 g/mol. The predicted octanol–water partition coefficient (Wildman–Crippen LogP) is 4.16. The van der Waals surface area contributed by atoms with Gasteiger partial charge in [0.15, 0.2) is 0 Å². The molecule has 3 aromatic heterocycles. The number of pyridine rings is 2. The zero-order valence-corrected chi connectivity index (χ0v) is 18.7. The third kappa shape index (κ3) is 3.98. The number of amides is 1. The molecule has 1 fully saturated rings. The SMILES string of the molecule is CC(OC1c2cc(C(=O)Nc3cccc(-c4cnn(C)c4)n3)cnc2OC1(C)C)C1CC1. The summed E-state index contributed by atoms with van der Waals surface area (Å²) in [5, 5.41) is 7.05. The molecule has 1 N–H and O–H groups in total. The van der Waals surface area contributed by atoms with Crippen LogP contribution in [0.25, 0.3) is 11.3 Å². The number of aromatic nitrogens is 4. The van der Waals surface area contributed by atoms with Gasteiger partial charge in [0, 0.05) is 30.6 Å². The summed E-state index contributed by atoms with van der Waals surface area (Å²) in [6, 6.07) is 7.31. The molecular weight excluding hydrogens is 406 g/mol. The number of aryl methyl sites for hydroxylation is 1. The highest BCUT2D eigenvalue weighted by Gasteiger charge is 2.45. The standard InChI is InChI=1S/C24H27N5O3/c1-14(15-8-9-15)31-21-18-10-16(11-25-23(18)32-24(21,2)3)22(30)28-20-7-5-6-19(27-20)17-12-26-29(4)13-17/h5-7,10-15,21H,8-9H2,1-4H3,(H,27,28,30). The predicted molar refractivity (Wildman–Crippen MR) is 119 cm³/mol. The molecule has 3 aromatic rings. The van der Waals surface area contributed by atoms with Gasteiger partial charge in [-0.25, -0.2) is 9.97 Å². The highest BCUT2D eigenvalue weighted by molar-refractivity contribution is 6.03. The fourth-order valence-corrected chi connectivity index (χ4v) is 4.08. The van der Waals surface area contributed by atoms with E-state index in [1.165, 1.54) is 19.0 Å². The lowest BCUT2D eigenvalue weighted by Crippen LogP contribution is -2.34. The molecule has 4 heterocycles. The average Bonchev–Trinajstić information content (AvgIpc) is 3.47. The van der Waals surface area contributed by atoms with Gasteiger partial charge >= 0.3 is 0 Å². The molecule has 0 radical (unpaired) electrons. The van der Waals surface area contributed by atoms with Crippen molar-refractivity contribution in [3.05, 3.63) is 54.0 Å². The maximum absolute atomic E-state index is 13.0. The Morgan fingerprint density at radius 1 is 1.31 bits per heavy atom. The van der Waals surface area contributed by atoms with Crippen molar-refractivity contribution in [1.29, 1.82) is 0 Å². The Morgan fingerprint density at radius 3 is 2.84 bits per heavy atom. The van der Waals surface area contributed by atoms with E-state index in [0.717, 1.165) is 16.8 Å². The van der Waals surface area contributed by atoms with Gasteiger partial charge in [0.1, 0.15) is 17.5 Å². The molecule has 2 atom stereocenters. The zero-order valence-electron chi connectivity index (χ0n) is 18.7. The second kappa shape index (κ2) is 7.70. The van der Waals surface area contributed by atoms with Crippen LogP contribution in [0.4, 0.5) is 5.82 Å². The molecule has 8 nitrogen and oxygen atoms in total. The topological polar surface area (TPSA) is 91.2 Å². The first-order valence-corrected chi connectivity index (χ1v) is 10.9. The normalized spacial score (nSPS) is 19.8. The molecule has 166 valence electrons. The first kappa shape index (κ1) is 20.6. The van der Waals surface area contributed by atoms with Crippen LogP contribution in [0.3, 0.4) is 0 Å². The quantitative estimate of drug-likeness (QED) is 0.628. The largest absolute Gasteiger partial charge is 0.468 e. The van der Waals surface area contributed by atoms with Crippen LogP contribution in [0, 0.1) is 5.92 Å². The van der Waals surface area contributed by atoms with Gasteiger partial charge in [0.25, 0.3) is 5.91 Å². The van der Waals surface area contributed by atoms with Crippen LogP contribution in [0.5, 0.6) is 5.88 Å². The van der Waals surface area contributed by atoms with E-state index in [9.17, 15) is 4.79 Å². The van der Waals surface area contributed by atoms with Crippen molar-refractivity contribution in [2.45, 2.75) is 51.4 Å². The third-order valence-corrected chi connectivity index (χ3v) is 6.04. The molecule has 0 bridgehead atoms. The summed E-state index contributed by atoms with van der Waals surface area (Å²) in [5.74, 6) is 1.31. The smallest absolute Gasteiger partial charge is 0.258 e. The molecule has 1 saturated carbocycles. The van der Waals surface area contributed by atoms with Crippen molar-refractivity contribution < 1.29 is 14.3 Å². The van der Waals surface area contributed by atoms with E-state index < -0.39 is 5.60 Å². The van der Waals surface area contributed by atoms with Gasteiger partial charge in [-0.1, -0.05) is 6.07 Å². The number of ether oxygens (including phenoxy) is 2. The number of hydrogen-bond acceptors (Lipinski definition) is 6. The second-order valence-corrected chi connectivity index (χ2v) is 9.15. The minimum absolute atomic E-state index is 0.144. The van der Waals surface area contributed by atoms with Crippen LogP contribution >= 0.6 is 0 Å². The number of rotatable bonds is 6. The Labute approximate surface area is 187 Å². The Morgan fingerprint density at radius 2 is 2.12 bits per heavy atom. The number of fused-ring (bicyclic) bond motifs is 1. The lowest BCUT2D eigenvalue weighted by atomic mass is 9.97. The maximum Gasteiger partial charge on any atom is 0.258 e. The molecule has 2 unspecified atom stereocenters. The minimum Gasteiger partial charge on any atom is -0.468 e. The van der Waals surface area contributed by atoms with E-state index in [4.69, 9.17) is 9.47 Å². The number of hydrogen-bond donors (Lipinski definition) is 1. The van der Waals surface area contributed by atoms with Crippen LogP contribution < -0.4 is 10.1 Å². The number of carbonyl (C=O) groups excluding carboxylic acids is 1.